The van der Waals surface area contributed by atoms with Gasteiger partial charge < -0.3 is 4.74 Å². The minimum atomic E-state index is -4.47. The zero-order chi connectivity index (χ0) is 23.6. The van der Waals surface area contributed by atoms with E-state index < -0.39 is 10.4 Å². The third kappa shape index (κ3) is 6.03. The molecule has 1 aliphatic heterocycles. The van der Waals surface area contributed by atoms with E-state index in [1.165, 1.54) is 19.3 Å². The number of ether oxygens (including phenoxy) is 1. The number of cyclic esters (lactones) is 1. The zero-order valence-electron chi connectivity index (χ0n) is 20.1. The van der Waals surface area contributed by atoms with Crippen molar-refractivity contribution in [2.45, 2.75) is 85.5 Å². The molecule has 0 spiro atoms. The van der Waals surface area contributed by atoms with Gasteiger partial charge in [0.25, 0.3) is 0 Å². The van der Waals surface area contributed by atoms with E-state index in [-0.39, 0.29) is 23.9 Å². The van der Waals surface area contributed by atoms with Crippen molar-refractivity contribution in [2.75, 3.05) is 13.2 Å². The second-order valence-corrected chi connectivity index (χ2v) is 12.1. The Balaban J connectivity index is 1.67. The van der Waals surface area contributed by atoms with Crippen molar-refractivity contribution in [1.29, 1.82) is 0 Å². The number of allylic oxidation sites excluding steroid dienone is 2. The van der Waals surface area contributed by atoms with Gasteiger partial charge in [-0.25, -0.2) is 8.98 Å². The fourth-order valence-corrected chi connectivity index (χ4v) is 6.47. The summed E-state index contributed by atoms with van der Waals surface area (Å²) >= 11 is 0. The van der Waals surface area contributed by atoms with Gasteiger partial charge in [0.15, 0.2) is 0 Å². The molecule has 1 fully saturated rings. The van der Waals surface area contributed by atoms with Crippen molar-refractivity contribution in [3.63, 3.8) is 0 Å². The van der Waals surface area contributed by atoms with Gasteiger partial charge in [-0.1, -0.05) is 39.3 Å². The number of hydrogen-bond acceptors (Lipinski definition) is 5. The summed E-state index contributed by atoms with van der Waals surface area (Å²) in [6.45, 7) is 9.84. The molecule has 1 heterocycles. The van der Waals surface area contributed by atoms with E-state index in [4.69, 9.17) is 13.5 Å². The van der Waals surface area contributed by atoms with Gasteiger partial charge in [0.2, 0.25) is 0 Å². The summed E-state index contributed by atoms with van der Waals surface area (Å²) in [7, 11) is -4.47. The lowest BCUT2D eigenvalue weighted by molar-refractivity contribution is -0.136. The van der Waals surface area contributed by atoms with Gasteiger partial charge in [0, 0.05) is 5.57 Å². The van der Waals surface area contributed by atoms with E-state index in [1.807, 2.05) is 6.08 Å². The molecule has 0 saturated heterocycles. The maximum absolute atomic E-state index is 11.7. The molecule has 4 unspecified atom stereocenters. The molecule has 0 amide bonds. The van der Waals surface area contributed by atoms with Crippen LogP contribution < -0.4 is 0 Å². The van der Waals surface area contributed by atoms with Crippen molar-refractivity contribution in [3.8, 4) is 0 Å². The molecule has 6 nitrogen and oxygen atoms in total. The highest BCUT2D eigenvalue weighted by Gasteiger charge is 2.47. The van der Waals surface area contributed by atoms with E-state index in [0.717, 1.165) is 32.1 Å². The summed E-state index contributed by atoms with van der Waals surface area (Å²) in [6.07, 6.45) is 13.0. The highest BCUT2D eigenvalue weighted by atomic mass is 32.3. The average Bonchev–Trinajstić information content (AvgIpc) is 3.10. The first-order valence-electron chi connectivity index (χ1n) is 12.1. The standard InChI is InChI=1S/C25H40O6S/c1-18-10-11-21-22(9-6-14-24(21,2)3)25(18,4)15-12-19(17-31-32(27,28)29)7-5-8-20-13-16-30-23(20)26/h9,13,18-19,21H,5-8,10-12,14-17H2,1-4H3,(H,27,28,29). The molecule has 2 aliphatic carbocycles. The first-order chi connectivity index (χ1) is 14.9. The van der Waals surface area contributed by atoms with Crippen LogP contribution in [0, 0.1) is 28.6 Å². The van der Waals surface area contributed by atoms with Gasteiger partial charge >= 0.3 is 16.4 Å². The minimum Gasteiger partial charge on any atom is -0.458 e. The molecule has 7 heteroatoms. The van der Waals surface area contributed by atoms with Crippen LogP contribution in [0.25, 0.3) is 0 Å². The second kappa shape index (κ2) is 9.98. The second-order valence-electron chi connectivity index (χ2n) is 11.0. The summed E-state index contributed by atoms with van der Waals surface area (Å²) in [6, 6.07) is 0. The van der Waals surface area contributed by atoms with E-state index >= 15 is 0 Å². The van der Waals surface area contributed by atoms with Gasteiger partial charge in [-0.05, 0) is 92.4 Å². The Hall–Kier alpha value is -1.18. The zero-order valence-corrected chi connectivity index (χ0v) is 20.9. The molecule has 0 radical (unpaired) electrons. The van der Waals surface area contributed by atoms with Crippen LogP contribution in [0.5, 0.6) is 0 Å². The largest absolute Gasteiger partial charge is 0.458 e. The Morgan fingerprint density at radius 3 is 2.62 bits per heavy atom. The van der Waals surface area contributed by atoms with Crippen LogP contribution in [0.15, 0.2) is 23.3 Å². The minimum absolute atomic E-state index is 0.00319. The fourth-order valence-electron chi connectivity index (χ4n) is 6.10. The maximum Gasteiger partial charge on any atom is 0.397 e. The SMILES string of the molecule is CC1CCC2C(=CCCC2(C)C)C1(C)CCC(CCCC1=CCOC1=O)COS(=O)(=O)O. The Bertz CT molecular complexity index is 856. The monoisotopic (exact) mass is 468 g/mol. The Labute approximate surface area is 193 Å². The van der Waals surface area contributed by atoms with Crippen molar-refractivity contribution >= 4 is 16.4 Å². The van der Waals surface area contributed by atoms with Crippen molar-refractivity contribution in [1.82, 2.24) is 0 Å². The molecule has 4 atom stereocenters. The topological polar surface area (TPSA) is 89.9 Å². The normalized spacial score (nSPS) is 30.8. The van der Waals surface area contributed by atoms with Crippen LogP contribution in [0.2, 0.25) is 0 Å². The van der Waals surface area contributed by atoms with E-state index in [9.17, 15) is 13.2 Å². The molecule has 0 aromatic heterocycles. The van der Waals surface area contributed by atoms with E-state index in [1.54, 1.807) is 5.57 Å². The van der Waals surface area contributed by atoms with Crippen molar-refractivity contribution in [2.24, 2.45) is 28.6 Å². The van der Waals surface area contributed by atoms with Crippen LogP contribution in [-0.4, -0.2) is 32.2 Å². The quantitative estimate of drug-likeness (QED) is 0.253. The summed E-state index contributed by atoms with van der Waals surface area (Å²) < 4.78 is 41.2. The Kier molecular flexibility index (Phi) is 7.93. The molecule has 3 aliphatic rings. The van der Waals surface area contributed by atoms with E-state index in [0.29, 0.717) is 35.9 Å². The van der Waals surface area contributed by atoms with Gasteiger partial charge in [-0.2, -0.15) is 8.42 Å². The number of hydrogen-bond donors (Lipinski definition) is 1. The highest BCUT2D eigenvalue weighted by molar-refractivity contribution is 7.80. The third-order valence-corrected chi connectivity index (χ3v) is 8.93. The number of rotatable bonds is 10. The molecule has 1 N–H and O–H groups in total. The molecule has 3 rings (SSSR count). The summed E-state index contributed by atoms with van der Waals surface area (Å²) in [5.74, 6) is 0.930. The average molecular weight is 469 g/mol. The van der Waals surface area contributed by atoms with Gasteiger partial charge in [0.05, 0.1) is 6.61 Å². The van der Waals surface area contributed by atoms with Gasteiger partial charge in [0.1, 0.15) is 6.61 Å². The van der Waals surface area contributed by atoms with Crippen molar-refractivity contribution < 1.29 is 26.7 Å². The number of carbonyl (C=O) groups excluding carboxylic acids is 1. The lowest BCUT2D eigenvalue weighted by Gasteiger charge is -2.53. The first-order valence-corrected chi connectivity index (χ1v) is 13.5. The summed E-state index contributed by atoms with van der Waals surface area (Å²) in [5, 5.41) is 0. The Morgan fingerprint density at radius 1 is 1.22 bits per heavy atom. The molecule has 0 bridgehead atoms. The predicted octanol–water partition coefficient (Wildman–Crippen LogP) is 5.65. The number of fused-ring (bicyclic) bond motifs is 1. The predicted molar refractivity (Wildman–Crippen MR) is 124 cm³/mol. The van der Waals surface area contributed by atoms with Crippen molar-refractivity contribution in [3.05, 3.63) is 23.3 Å². The molecule has 1 saturated carbocycles. The number of carbonyl (C=O) groups is 1. The molecular formula is C25H40O6S. The fraction of sp³-hybridized carbons (Fsp3) is 0.800. The third-order valence-electron chi connectivity index (χ3n) is 8.50. The smallest absolute Gasteiger partial charge is 0.397 e. The molecule has 32 heavy (non-hydrogen) atoms. The Morgan fingerprint density at radius 2 is 1.97 bits per heavy atom. The van der Waals surface area contributed by atoms with Gasteiger partial charge in [-0.3, -0.25) is 4.55 Å². The lowest BCUT2D eigenvalue weighted by Crippen LogP contribution is -2.43. The van der Waals surface area contributed by atoms with Crippen LogP contribution in [0.3, 0.4) is 0 Å². The summed E-state index contributed by atoms with van der Waals surface area (Å²) in [4.78, 5) is 11.7. The maximum atomic E-state index is 11.7. The molecule has 0 aromatic carbocycles. The first kappa shape index (κ1) is 25.4. The van der Waals surface area contributed by atoms with Gasteiger partial charge in [-0.15, -0.1) is 0 Å². The molecule has 182 valence electrons. The van der Waals surface area contributed by atoms with Crippen LogP contribution in [0.1, 0.15) is 85.5 Å². The number of esters is 1. The summed E-state index contributed by atoms with van der Waals surface area (Å²) in [5.41, 5.74) is 2.71. The van der Waals surface area contributed by atoms with Crippen LogP contribution in [-0.2, 0) is 24.1 Å². The molecular weight excluding hydrogens is 428 g/mol. The lowest BCUT2D eigenvalue weighted by atomic mass is 9.52. The van der Waals surface area contributed by atoms with Crippen LogP contribution in [0.4, 0.5) is 0 Å². The van der Waals surface area contributed by atoms with E-state index in [2.05, 4.69) is 33.8 Å². The molecule has 0 aromatic rings. The van der Waals surface area contributed by atoms with Crippen LogP contribution >= 0.6 is 0 Å². The highest BCUT2D eigenvalue weighted by Crippen LogP contribution is 2.58.